The van der Waals surface area contributed by atoms with Crippen LogP contribution in [-0.2, 0) is 14.3 Å². The van der Waals surface area contributed by atoms with Crippen LogP contribution in [0.1, 0.15) is 44.9 Å². The van der Waals surface area contributed by atoms with Gasteiger partial charge in [0.05, 0.1) is 11.6 Å². The molecule has 1 aromatic carbocycles. The summed E-state index contributed by atoms with van der Waals surface area (Å²) >= 11 is 12.0. The van der Waals surface area contributed by atoms with Crippen molar-refractivity contribution in [1.29, 1.82) is 0 Å². The molecule has 1 fully saturated rings. The standard InChI is InChI=1S/C18H21Cl2FO4/c19-13-6-2-1-5-12(13)11-24-16(22)9-4-10-17(23)25-18-14(20)7-3-8-15(18)21/h3,7-8,12-13H,1-2,4-6,9-11H2. The number of rotatable bonds is 7. The fraction of sp³-hybridized carbons (Fsp3) is 0.556. The van der Waals surface area contributed by atoms with Crippen LogP contribution in [0.5, 0.6) is 5.75 Å². The molecular weight excluding hydrogens is 370 g/mol. The monoisotopic (exact) mass is 390 g/mol. The zero-order valence-corrected chi connectivity index (χ0v) is 15.3. The molecule has 0 saturated heterocycles. The molecule has 0 aliphatic heterocycles. The van der Waals surface area contributed by atoms with Gasteiger partial charge in [0, 0.05) is 24.1 Å². The van der Waals surface area contributed by atoms with Crippen LogP contribution >= 0.6 is 23.2 Å². The lowest BCUT2D eigenvalue weighted by molar-refractivity contribution is -0.145. The Hall–Kier alpha value is -1.33. The Bertz CT molecular complexity index is 588. The smallest absolute Gasteiger partial charge is 0.311 e. The molecule has 0 radical (unpaired) electrons. The summed E-state index contributed by atoms with van der Waals surface area (Å²) < 4.78 is 23.7. The van der Waals surface area contributed by atoms with Crippen molar-refractivity contribution >= 4 is 35.1 Å². The lowest BCUT2D eigenvalue weighted by Crippen LogP contribution is -2.25. The molecule has 1 saturated carbocycles. The lowest BCUT2D eigenvalue weighted by Gasteiger charge is -2.26. The van der Waals surface area contributed by atoms with Crippen molar-refractivity contribution < 1.29 is 23.5 Å². The molecule has 2 rings (SSSR count). The highest BCUT2D eigenvalue weighted by Crippen LogP contribution is 2.29. The van der Waals surface area contributed by atoms with Gasteiger partial charge < -0.3 is 9.47 Å². The maximum Gasteiger partial charge on any atom is 0.311 e. The third-order valence-corrected chi connectivity index (χ3v) is 5.04. The number of carbonyl (C=O) groups excluding carboxylic acids is 2. The number of ether oxygens (including phenoxy) is 2. The lowest BCUT2D eigenvalue weighted by atomic mass is 9.89. The van der Waals surface area contributed by atoms with Crippen molar-refractivity contribution in [2.75, 3.05) is 6.61 Å². The average Bonchev–Trinajstić information content (AvgIpc) is 2.57. The maximum atomic E-state index is 13.5. The van der Waals surface area contributed by atoms with Gasteiger partial charge in [-0.05, 0) is 31.4 Å². The summed E-state index contributed by atoms with van der Waals surface area (Å²) in [4.78, 5) is 23.5. The second kappa shape index (κ2) is 9.97. The third-order valence-electron chi connectivity index (χ3n) is 4.17. The zero-order chi connectivity index (χ0) is 18.2. The van der Waals surface area contributed by atoms with Crippen LogP contribution in [-0.4, -0.2) is 23.9 Å². The molecule has 1 aliphatic rings. The Balaban J connectivity index is 1.66. The minimum absolute atomic E-state index is 0.0240. The summed E-state index contributed by atoms with van der Waals surface area (Å²) in [5, 5.41) is 0.0814. The van der Waals surface area contributed by atoms with Gasteiger partial charge in [-0.15, -0.1) is 11.6 Å². The molecule has 0 bridgehead atoms. The predicted octanol–water partition coefficient (Wildman–Crippen LogP) is 4.90. The molecule has 0 aromatic heterocycles. The number of benzene rings is 1. The van der Waals surface area contributed by atoms with Crippen LogP contribution in [0.4, 0.5) is 4.39 Å². The maximum absolute atomic E-state index is 13.5. The van der Waals surface area contributed by atoms with Crippen LogP contribution in [0.2, 0.25) is 5.02 Å². The predicted molar refractivity (Wildman–Crippen MR) is 93.5 cm³/mol. The molecule has 1 aromatic rings. The molecule has 0 amide bonds. The SMILES string of the molecule is O=C(CCCC(=O)Oc1c(F)cccc1Cl)OCC1CCCCC1Cl. The van der Waals surface area contributed by atoms with Crippen LogP contribution < -0.4 is 4.74 Å². The van der Waals surface area contributed by atoms with Gasteiger partial charge in [0.2, 0.25) is 0 Å². The minimum atomic E-state index is -0.705. The molecular formula is C18H21Cl2FO4. The van der Waals surface area contributed by atoms with Crippen molar-refractivity contribution in [1.82, 2.24) is 0 Å². The summed E-state index contributed by atoms with van der Waals surface area (Å²) in [5.74, 6) is -1.81. The average molecular weight is 391 g/mol. The van der Waals surface area contributed by atoms with Crippen LogP contribution in [0.3, 0.4) is 0 Å². The fourth-order valence-electron chi connectivity index (χ4n) is 2.74. The normalized spacial score (nSPS) is 20.1. The molecule has 4 nitrogen and oxygen atoms in total. The van der Waals surface area contributed by atoms with Crippen molar-refractivity contribution in [3.63, 3.8) is 0 Å². The summed E-state index contributed by atoms with van der Waals surface area (Å²) in [6.07, 6.45) is 4.48. The number of hydrogen-bond acceptors (Lipinski definition) is 4. The van der Waals surface area contributed by atoms with Crippen LogP contribution in [0.25, 0.3) is 0 Å². The molecule has 2 atom stereocenters. The number of carbonyl (C=O) groups is 2. The highest BCUT2D eigenvalue weighted by Gasteiger charge is 2.24. The number of halogens is 3. The van der Waals surface area contributed by atoms with Crippen molar-refractivity contribution in [3.8, 4) is 5.75 Å². The number of alkyl halides is 1. The Morgan fingerprint density at radius 2 is 1.88 bits per heavy atom. The topological polar surface area (TPSA) is 52.6 Å². The van der Waals surface area contributed by atoms with E-state index in [1.54, 1.807) is 0 Å². The Kier molecular flexibility index (Phi) is 7.97. The van der Waals surface area contributed by atoms with E-state index in [1.165, 1.54) is 12.1 Å². The van der Waals surface area contributed by atoms with E-state index in [4.69, 9.17) is 32.7 Å². The highest BCUT2D eigenvalue weighted by atomic mass is 35.5. The third kappa shape index (κ3) is 6.48. The second-order valence-electron chi connectivity index (χ2n) is 6.12. The Labute approximate surface area is 156 Å². The van der Waals surface area contributed by atoms with E-state index in [2.05, 4.69) is 0 Å². The van der Waals surface area contributed by atoms with Gasteiger partial charge in [0.15, 0.2) is 11.6 Å². The van der Waals surface area contributed by atoms with Crippen molar-refractivity contribution in [2.45, 2.75) is 50.3 Å². The summed E-state index contributed by atoms with van der Waals surface area (Å²) in [6, 6.07) is 4.00. The minimum Gasteiger partial charge on any atom is -0.465 e. The number of hydrogen-bond donors (Lipinski definition) is 0. The van der Waals surface area contributed by atoms with E-state index in [0.717, 1.165) is 31.7 Å². The zero-order valence-electron chi connectivity index (χ0n) is 13.8. The number of para-hydroxylation sites is 1. The fourth-order valence-corrected chi connectivity index (χ4v) is 3.30. The van der Waals surface area contributed by atoms with E-state index in [-0.39, 0.29) is 47.3 Å². The van der Waals surface area contributed by atoms with Gasteiger partial charge in [-0.25, -0.2) is 4.39 Å². The van der Waals surface area contributed by atoms with Crippen LogP contribution in [0.15, 0.2) is 18.2 Å². The van der Waals surface area contributed by atoms with E-state index in [1.807, 2.05) is 0 Å². The largest absolute Gasteiger partial charge is 0.465 e. The van der Waals surface area contributed by atoms with E-state index in [0.29, 0.717) is 6.61 Å². The van der Waals surface area contributed by atoms with Gasteiger partial charge in [0.1, 0.15) is 0 Å². The first-order valence-electron chi connectivity index (χ1n) is 8.41. The summed E-state index contributed by atoms with van der Waals surface area (Å²) in [7, 11) is 0. The van der Waals surface area contributed by atoms with E-state index >= 15 is 0 Å². The number of esters is 2. The van der Waals surface area contributed by atoms with E-state index < -0.39 is 11.8 Å². The first kappa shape index (κ1) is 20.0. The van der Waals surface area contributed by atoms with Gasteiger partial charge in [-0.3, -0.25) is 9.59 Å². The first-order valence-corrected chi connectivity index (χ1v) is 9.23. The first-order chi connectivity index (χ1) is 12.0. The molecule has 25 heavy (non-hydrogen) atoms. The molecule has 7 heteroatoms. The van der Waals surface area contributed by atoms with E-state index in [9.17, 15) is 14.0 Å². The molecule has 138 valence electrons. The second-order valence-corrected chi connectivity index (χ2v) is 7.09. The van der Waals surface area contributed by atoms with Crippen LogP contribution in [0, 0.1) is 11.7 Å². The van der Waals surface area contributed by atoms with Crippen molar-refractivity contribution in [3.05, 3.63) is 29.0 Å². The Morgan fingerprint density at radius 1 is 1.16 bits per heavy atom. The van der Waals surface area contributed by atoms with Gasteiger partial charge in [0.25, 0.3) is 0 Å². The van der Waals surface area contributed by atoms with Gasteiger partial charge in [-0.2, -0.15) is 0 Å². The molecule has 0 N–H and O–H groups in total. The molecule has 0 spiro atoms. The Morgan fingerprint density at radius 3 is 2.60 bits per heavy atom. The quantitative estimate of drug-likeness (QED) is 0.377. The summed E-state index contributed by atoms with van der Waals surface area (Å²) in [5.41, 5.74) is 0. The highest BCUT2D eigenvalue weighted by molar-refractivity contribution is 6.32. The molecule has 2 unspecified atom stereocenters. The molecule has 0 heterocycles. The molecule has 1 aliphatic carbocycles. The van der Waals surface area contributed by atoms with Crippen molar-refractivity contribution in [2.24, 2.45) is 5.92 Å². The summed E-state index contributed by atoms with van der Waals surface area (Å²) in [6.45, 7) is 0.322. The van der Waals surface area contributed by atoms with Gasteiger partial charge >= 0.3 is 11.9 Å². The van der Waals surface area contributed by atoms with Gasteiger partial charge in [-0.1, -0.05) is 30.5 Å².